The lowest BCUT2D eigenvalue weighted by atomic mass is 10.0. The van der Waals surface area contributed by atoms with Crippen molar-refractivity contribution < 1.29 is 4.42 Å². The molecule has 31 heavy (non-hydrogen) atoms. The zero-order valence-corrected chi connectivity index (χ0v) is 17.4. The van der Waals surface area contributed by atoms with Crippen LogP contribution in [0.25, 0.3) is 32.7 Å². The van der Waals surface area contributed by atoms with Gasteiger partial charge in [-0.15, -0.1) is 0 Å². The highest BCUT2D eigenvalue weighted by Crippen LogP contribution is 2.45. The molecule has 0 radical (unpaired) electrons. The summed E-state index contributed by atoms with van der Waals surface area (Å²) in [5.41, 5.74) is 4.76. The molecule has 2 nitrogen and oxygen atoms in total. The van der Waals surface area contributed by atoms with E-state index in [1.807, 2.05) is 30.3 Å². The van der Waals surface area contributed by atoms with Crippen molar-refractivity contribution in [3.8, 4) is 0 Å². The van der Waals surface area contributed by atoms with E-state index in [2.05, 4.69) is 83.8 Å². The van der Waals surface area contributed by atoms with Gasteiger partial charge in [0.1, 0.15) is 11.2 Å². The van der Waals surface area contributed by atoms with E-state index in [1.165, 1.54) is 10.8 Å². The fourth-order valence-electron chi connectivity index (χ4n) is 4.37. The molecule has 0 amide bonds. The lowest BCUT2D eigenvalue weighted by Gasteiger charge is -2.26. The monoisotopic (exact) mass is 419 g/mol. The topological polar surface area (TPSA) is 16.4 Å². The van der Waals surface area contributed by atoms with Crippen LogP contribution in [0.3, 0.4) is 0 Å². The van der Waals surface area contributed by atoms with Crippen molar-refractivity contribution in [2.24, 2.45) is 0 Å². The summed E-state index contributed by atoms with van der Waals surface area (Å²) in [6, 6.07) is 37.2. The number of fused-ring (bicyclic) bond motifs is 5. The minimum atomic E-state index is 0.641. The predicted molar refractivity (Wildman–Crippen MR) is 131 cm³/mol. The zero-order valence-electron chi connectivity index (χ0n) is 16.6. The molecule has 0 aliphatic carbocycles. The molecule has 0 unspecified atom stereocenters. The lowest BCUT2D eigenvalue weighted by Crippen LogP contribution is -2.10. The summed E-state index contributed by atoms with van der Waals surface area (Å²) < 4.78 is 6.29. The van der Waals surface area contributed by atoms with Gasteiger partial charge in [-0.05, 0) is 47.2 Å². The normalized spacial score (nSPS) is 11.4. The molecule has 0 aliphatic rings. The Bertz CT molecular complexity index is 1500. The highest BCUT2D eigenvalue weighted by molar-refractivity contribution is 6.33. The van der Waals surface area contributed by atoms with Crippen LogP contribution in [0.15, 0.2) is 114 Å². The van der Waals surface area contributed by atoms with Crippen LogP contribution in [0, 0.1) is 0 Å². The van der Waals surface area contributed by atoms with Crippen LogP contribution < -0.4 is 4.90 Å². The van der Waals surface area contributed by atoms with Gasteiger partial charge in [-0.1, -0.05) is 78.3 Å². The van der Waals surface area contributed by atoms with Crippen molar-refractivity contribution in [3.63, 3.8) is 0 Å². The van der Waals surface area contributed by atoms with Gasteiger partial charge in [-0.3, -0.25) is 0 Å². The average Bonchev–Trinajstić information content (AvgIpc) is 3.19. The molecule has 6 aromatic rings. The molecule has 6 rings (SSSR count). The third kappa shape index (κ3) is 2.96. The summed E-state index contributed by atoms with van der Waals surface area (Å²) in [5.74, 6) is 0. The van der Waals surface area contributed by atoms with Gasteiger partial charge in [0.25, 0.3) is 0 Å². The molecular weight excluding hydrogens is 402 g/mol. The summed E-state index contributed by atoms with van der Waals surface area (Å²) in [5, 5.41) is 5.16. The fourth-order valence-corrected chi connectivity index (χ4v) is 4.57. The SMILES string of the molecule is Clc1cc(N(c2ccccc2)c2ccccc2)c2c(c1)oc1ccc3ccccc3c12. The van der Waals surface area contributed by atoms with Gasteiger partial charge in [-0.2, -0.15) is 0 Å². The summed E-state index contributed by atoms with van der Waals surface area (Å²) >= 11 is 6.60. The molecule has 3 heteroatoms. The first-order valence-corrected chi connectivity index (χ1v) is 10.6. The number of para-hydroxylation sites is 2. The van der Waals surface area contributed by atoms with E-state index in [1.54, 1.807) is 0 Å². The maximum absolute atomic E-state index is 6.60. The Hall–Kier alpha value is -3.75. The van der Waals surface area contributed by atoms with E-state index in [9.17, 15) is 0 Å². The first-order valence-electron chi connectivity index (χ1n) is 10.2. The molecule has 1 aromatic heterocycles. The molecule has 0 saturated heterocycles. The smallest absolute Gasteiger partial charge is 0.139 e. The molecule has 148 valence electrons. The highest BCUT2D eigenvalue weighted by Gasteiger charge is 2.21. The number of anilines is 3. The van der Waals surface area contributed by atoms with E-state index in [-0.39, 0.29) is 0 Å². The first kappa shape index (κ1) is 18.1. The number of nitrogens with zero attached hydrogens (tertiary/aromatic N) is 1. The fraction of sp³-hybridized carbons (Fsp3) is 0. The quantitative estimate of drug-likeness (QED) is 0.284. The van der Waals surface area contributed by atoms with E-state index in [0.29, 0.717) is 5.02 Å². The van der Waals surface area contributed by atoms with Crippen molar-refractivity contribution in [2.45, 2.75) is 0 Å². The number of hydrogen-bond donors (Lipinski definition) is 0. The molecule has 1 heterocycles. The highest BCUT2D eigenvalue weighted by atomic mass is 35.5. The maximum atomic E-state index is 6.60. The van der Waals surface area contributed by atoms with E-state index in [0.717, 1.165) is 39.0 Å². The Balaban J connectivity index is 1.78. The Labute approximate surface area is 184 Å². The number of benzene rings is 5. The van der Waals surface area contributed by atoms with Gasteiger partial charge in [0.15, 0.2) is 0 Å². The predicted octanol–water partition coefficient (Wildman–Crippen LogP) is 8.86. The van der Waals surface area contributed by atoms with Crippen LogP contribution in [0.4, 0.5) is 17.1 Å². The van der Waals surface area contributed by atoms with Crippen LogP contribution in [0.5, 0.6) is 0 Å². The summed E-state index contributed by atoms with van der Waals surface area (Å²) in [7, 11) is 0. The van der Waals surface area contributed by atoms with Gasteiger partial charge in [0.2, 0.25) is 0 Å². The maximum Gasteiger partial charge on any atom is 0.139 e. The summed E-state index contributed by atoms with van der Waals surface area (Å²) in [6.07, 6.45) is 0. The molecule has 0 N–H and O–H groups in total. The first-order chi connectivity index (χ1) is 15.3. The van der Waals surface area contributed by atoms with Crippen molar-refractivity contribution >= 4 is 61.4 Å². The zero-order chi connectivity index (χ0) is 20.8. The summed E-state index contributed by atoms with van der Waals surface area (Å²) in [4.78, 5) is 2.24. The Morgan fingerprint density at radius 1 is 0.581 bits per heavy atom. The van der Waals surface area contributed by atoms with Crippen molar-refractivity contribution in [3.05, 3.63) is 114 Å². The number of rotatable bonds is 3. The third-order valence-electron chi connectivity index (χ3n) is 5.68. The molecule has 0 bridgehead atoms. The number of hydrogen-bond acceptors (Lipinski definition) is 2. The molecule has 5 aromatic carbocycles. The Morgan fingerprint density at radius 2 is 1.23 bits per heavy atom. The van der Waals surface area contributed by atoms with Gasteiger partial charge < -0.3 is 9.32 Å². The number of furan rings is 1. The molecule has 0 fully saturated rings. The minimum Gasteiger partial charge on any atom is -0.456 e. The molecular formula is C28H18ClNO. The minimum absolute atomic E-state index is 0.641. The molecule has 0 spiro atoms. The standard InChI is InChI=1S/C28H18ClNO/c29-20-17-24(30(21-10-3-1-4-11-21)22-12-5-2-6-13-22)28-26(18-20)31-25-16-15-19-9-7-8-14-23(19)27(25)28/h1-18H. The van der Waals surface area contributed by atoms with Gasteiger partial charge >= 0.3 is 0 Å². The van der Waals surface area contributed by atoms with Crippen LogP contribution in [-0.2, 0) is 0 Å². The summed E-state index contributed by atoms with van der Waals surface area (Å²) in [6.45, 7) is 0. The second-order valence-electron chi connectivity index (χ2n) is 7.57. The molecule has 0 saturated carbocycles. The Kier molecular flexibility index (Phi) is 4.19. The van der Waals surface area contributed by atoms with E-state index >= 15 is 0 Å². The van der Waals surface area contributed by atoms with Crippen molar-refractivity contribution in [1.29, 1.82) is 0 Å². The largest absolute Gasteiger partial charge is 0.456 e. The van der Waals surface area contributed by atoms with E-state index < -0.39 is 0 Å². The van der Waals surface area contributed by atoms with Crippen molar-refractivity contribution in [2.75, 3.05) is 4.90 Å². The van der Waals surface area contributed by atoms with Crippen LogP contribution in [-0.4, -0.2) is 0 Å². The molecule has 0 atom stereocenters. The lowest BCUT2D eigenvalue weighted by molar-refractivity contribution is 0.669. The van der Waals surface area contributed by atoms with Crippen LogP contribution in [0.2, 0.25) is 5.02 Å². The van der Waals surface area contributed by atoms with Gasteiger partial charge in [0.05, 0.1) is 11.1 Å². The van der Waals surface area contributed by atoms with Crippen molar-refractivity contribution in [1.82, 2.24) is 0 Å². The second kappa shape index (κ2) is 7.19. The van der Waals surface area contributed by atoms with Gasteiger partial charge in [0, 0.05) is 27.8 Å². The van der Waals surface area contributed by atoms with Crippen LogP contribution in [0.1, 0.15) is 0 Å². The average molecular weight is 420 g/mol. The third-order valence-corrected chi connectivity index (χ3v) is 5.89. The van der Waals surface area contributed by atoms with Gasteiger partial charge in [-0.25, -0.2) is 0 Å². The molecule has 0 aliphatic heterocycles. The van der Waals surface area contributed by atoms with E-state index in [4.69, 9.17) is 16.0 Å². The Morgan fingerprint density at radius 3 is 1.94 bits per heavy atom. The second-order valence-corrected chi connectivity index (χ2v) is 8.00. The number of halogens is 1. The van der Waals surface area contributed by atoms with Crippen LogP contribution >= 0.6 is 11.6 Å².